The van der Waals surface area contributed by atoms with Gasteiger partial charge in [0, 0.05) is 6.54 Å². The molecule has 1 aromatic carbocycles. The number of thiazole rings is 1. The molecule has 1 N–H and O–H groups in total. The molecule has 22 heavy (non-hydrogen) atoms. The van der Waals surface area contributed by atoms with Crippen LogP contribution in [0.2, 0.25) is 0 Å². The average Bonchev–Trinajstić information content (AvgIpc) is 3.15. The van der Waals surface area contributed by atoms with Crippen LogP contribution < -0.4 is 5.32 Å². The van der Waals surface area contributed by atoms with E-state index in [1.165, 1.54) is 5.56 Å². The van der Waals surface area contributed by atoms with Crippen LogP contribution >= 0.6 is 22.7 Å². The van der Waals surface area contributed by atoms with Gasteiger partial charge in [-0.15, -0.1) is 11.3 Å². The van der Waals surface area contributed by atoms with Crippen LogP contribution in [0.4, 0.5) is 0 Å². The van der Waals surface area contributed by atoms with Gasteiger partial charge in [0.15, 0.2) is 0 Å². The van der Waals surface area contributed by atoms with Gasteiger partial charge in [0.2, 0.25) is 5.91 Å². The van der Waals surface area contributed by atoms with Gasteiger partial charge in [-0.1, -0.05) is 12.1 Å². The summed E-state index contributed by atoms with van der Waals surface area (Å²) in [7, 11) is 0. The first-order valence-corrected chi connectivity index (χ1v) is 8.77. The van der Waals surface area contributed by atoms with Crippen molar-refractivity contribution in [1.29, 1.82) is 0 Å². The number of aromatic nitrogens is 1. The molecule has 0 unspecified atom stereocenters. The van der Waals surface area contributed by atoms with Gasteiger partial charge in [0.05, 0.1) is 16.8 Å². The van der Waals surface area contributed by atoms with Gasteiger partial charge >= 0.3 is 0 Å². The summed E-state index contributed by atoms with van der Waals surface area (Å²) in [6.07, 6.45) is 0.854. The number of nitrogens with zero attached hydrogens (tertiary/aromatic N) is 1. The number of amides is 1. The Kier molecular flexibility index (Phi) is 5.15. The largest absolute Gasteiger partial charge is 0.364 e. The molecule has 3 aromatic rings. The van der Waals surface area contributed by atoms with Gasteiger partial charge in [-0.05, 0) is 40.9 Å². The van der Waals surface area contributed by atoms with Gasteiger partial charge in [0.25, 0.3) is 0 Å². The molecule has 4 nitrogen and oxygen atoms in total. The second-order valence-electron chi connectivity index (χ2n) is 4.80. The third-order valence-corrected chi connectivity index (χ3v) is 4.85. The third-order valence-electron chi connectivity index (χ3n) is 3.11. The Balaban J connectivity index is 1.38. The molecule has 114 valence electrons. The summed E-state index contributed by atoms with van der Waals surface area (Å²) in [6, 6.07) is 10.0. The minimum atomic E-state index is -0.0867. The maximum Gasteiger partial charge on any atom is 0.246 e. The number of para-hydroxylation sites is 1. The van der Waals surface area contributed by atoms with Gasteiger partial charge in [0.1, 0.15) is 11.6 Å². The Labute approximate surface area is 136 Å². The van der Waals surface area contributed by atoms with Crippen molar-refractivity contribution in [2.45, 2.75) is 13.0 Å². The normalized spacial score (nSPS) is 10.9. The Morgan fingerprint density at radius 2 is 2.18 bits per heavy atom. The zero-order valence-electron chi connectivity index (χ0n) is 12.0. The van der Waals surface area contributed by atoms with E-state index in [2.05, 4.69) is 21.7 Å². The van der Waals surface area contributed by atoms with Crippen LogP contribution in [0.15, 0.2) is 41.1 Å². The second kappa shape index (κ2) is 7.49. The smallest absolute Gasteiger partial charge is 0.246 e. The standard InChI is InChI=1S/C16H16N2O2S2/c19-15(17-7-5-12-6-8-21-11-12)9-20-10-16-18-13-3-1-2-4-14(13)22-16/h1-4,6,8,11H,5,7,9-10H2,(H,17,19). The number of hydrogen-bond acceptors (Lipinski definition) is 5. The topological polar surface area (TPSA) is 51.2 Å². The van der Waals surface area contributed by atoms with Crippen molar-refractivity contribution < 1.29 is 9.53 Å². The lowest BCUT2D eigenvalue weighted by Gasteiger charge is -2.04. The maximum atomic E-state index is 11.7. The summed E-state index contributed by atoms with van der Waals surface area (Å²) in [5, 5.41) is 7.89. The predicted octanol–water partition coefficient (Wildman–Crippen LogP) is 3.23. The highest BCUT2D eigenvalue weighted by molar-refractivity contribution is 7.18. The molecule has 0 saturated carbocycles. The zero-order valence-corrected chi connectivity index (χ0v) is 13.6. The summed E-state index contributed by atoms with van der Waals surface area (Å²) < 4.78 is 6.58. The van der Waals surface area contributed by atoms with Gasteiger partial charge in [-0.3, -0.25) is 4.79 Å². The third kappa shape index (κ3) is 4.13. The minimum absolute atomic E-state index is 0.0690. The summed E-state index contributed by atoms with van der Waals surface area (Å²) in [4.78, 5) is 16.2. The van der Waals surface area contributed by atoms with Crippen molar-refractivity contribution in [2.24, 2.45) is 0 Å². The number of carbonyl (C=O) groups is 1. The molecule has 2 aromatic heterocycles. The Morgan fingerprint density at radius 3 is 3.00 bits per heavy atom. The van der Waals surface area contributed by atoms with Crippen LogP contribution in [0.1, 0.15) is 10.6 Å². The molecule has 0 aliphatic carbocycles. The fourth-order valence-electron chi connectivity index (χ4n) is 2.04. The Morgan fingerprint density at radius 1 is 1.27 bits per heavy atom. The first kappa shape index (κ1) is 15.1. The van der Waals surface area contributed by atoms with E-state index in [9.17, 15) is 4.79 Å². The van der Waals surface area contributed by atoms with E-state index >= 15 is 0 Å². The Hall–Kier alpha value is -1.76. The highest BCUT2D eigenvalue weighted by Gasteiger charge is 2.05. The monoisotopic (exact) mass is 332 g/mol. The summed E-state index contributed by atoms with van der Waals surface area (Å²) >= 11 is 3.27. The second-order valence-corrected chi connectivity index (χ2v) is 6.69. The number of nitrogens with one attached hydrogen (secondary N) is 1. The molecular formula is C16H16N2O2S2. The van der Waals surface area contributed by atoms with E-state index < -0.39 is 0 Å². The van der Waals surface area contributed by atoms with Crippen LogP contribution in [-0.2, 0) is 22.6 Å². The van der Waals surface area contributed by atoms with E-state index in [0.717, 1.165) is 21.6 Å². The van der Waals surface area contributed by atoms with Gasteiger partial charge in [-0.2, -0.15) is 11.3 Å². The fourth-order valence-corrected chi connectivity index (χ4v) is 3.65. The first-order valence-electron chi connectivity index (χ1n) is 7.01. The highest BCUT2D eigenvalue weighted by Crippen LogP contribution is 2.21. The molecule has 0 atom stereocenters. The number of benzene rings is 1. The molecule has 1 amide bonds. The lowest BCUT2D eigenvalue weighted by atomic mass is 10.2. The van der Waals surface area contributed by atoms with Crippen molar-refractivity contribution in [3.63, 3.8) is 0 Å². The van der Waals surface area contributed by atoms with Crippen LogP contribution in [-0.4, -0.2) is 24.0 Å². The lowest BCUT2D eigenvalue weighted by Crippen LogP contribution is -2.29. The van der Waals surface area contributed by atoms with Crippen LogP contribution in [0.5, 0.6) is 0 Å². The number of hydrogen-bond donors (Lipinski definition) is 1. The maximum absolute atomic E-state index is 11.7. The molecule has 0 saturated heterocycles. The van der Waals surface area contributed by atoms with Crippen molar-refractivity contribution in [3.05, 3.63) is 51.7 Å². The van der Waals surface area contributed by atoms with E-state index in [4.69, 9.17) is 4.74 Å². The first-order chi connectivity index (χ1) is 10.8. The predicted molar refractivity (Wildman–Crippen MR) is 90.3 cm³/mol. The van der Waals surface area contributed by atoms with E-state index in [1.54, 1.807) is 22.7 Å². The molecule has 2 heterocycles. The minimum Gasteiger partial charge on any atom is -0.364 e. The van der Waals surface area contributed by atoms with Crippen molar-refractivity contribution in [1.82, 2.24) is 10.3 Å². The SMILES string of the molecule is O=C(COCc1nc2ccccc2s1)NCCc1ccsc1. The molecular weight excluding hydrogens is 316 g/mol. The number of thiophene rings is 1. The highest BCUT2D eigenvalue weighted by atomic mass is 32.1. The zero-order chi connectivity index (χ0) is 15.2. The van der Waals surface area contributed by atoms with Gasteiger partial charge in [-0.25, -0.2) is 4.98 Å². The number of ether oxygens (including phenoxy) is 1. The average molecular weight is 332 g/mol. The summed E-state index contributed by atoms with van der Waals surface area (Å²) in [5.41, 5.74) is 2.23. The van der Waals surface area contributed by atoms with E-state index in [0.29, 0.717) is 13.2 Å². The van der Waals surface area contributed by atoms with Crippen LogP contribution in [0.25, 0.3) is 10.2 Å². The Bertz CT molecular complexity index is 705. The molecule has 0 bridgehead atoms. The van der Waals surface area contributed by atoms with E-state index in [-0.39, 0.29) is 12.5 Å². The lowest BCUT2D eigenvalue weighted by molar-refractivity contribution is -0.126. The number of carbonyl (C=O) groups excluding carboxylic acids is 1. The van der Waals surface area contributed by atoms with E-state index in [1.807, 2.05) is 29.6 Å². The summed E-state index contributed by atoms with van der Waals surface area (Å²) in [5.74, 6) is -0.0867. The number of fused-ring (bicyclic) bond motifs is 1. The molecule has 6 heteroatoms. The van der Waals surface area contributed by atoms with Crippen molar-refractivity contribution in [3.8, 4) is 0 Å². The molecule has 0 aliphatic heterocycles. The van der Waals surface area contributed by atoms with Crippen molar-refractivity contribution >= 4 is 38.8 Å². The van der Waals surface area contributed by atoms with Gasteiger partial charge < -0.3 is 10.1 Å². The molecule has 3 rings (SSSR count). The van der Waals surface area contributed by atoms with Crippen molar-refractivity contribution in [2.75, 3.05) is 13.2 Å². The summed E-state index contributed by atoms with van der Waals surface area (Å²) in [6.45, 7) is 1.08. The number of rotatable bonds is 7. The molecule has 0 aliphatic rings. The fraction of sp³-hybridized carbons (Fsp3) is 0.250. The van der Waals surface area contributed by atoms with Crippen LogP contribution in [0, 0.1) is 0 Å². The van der Waals surface area contributed by atoms with Crippen LogP contribution in [0.3, 0.4) is 0 Å². The molecule has 0 radical (unpaired) electrons. The molecule has 0 spiro atoms. The quantitative estimate of drug-likeness (QED) is 0.723. The molecule has 0 fully saturated rings.